The fourth-order valence-electron chi connectivity index (χ4n) is 4.55. The van der Waals surface area contributed by atoms with E-state index in [1.165, 1.54) is 35.0 Å². The van der Waals surface area contributed by atoms with Crippen LogP contribution in [0.5, 0.6) is 0 Å². The molecule has 0 saturated heterocycles. The van der Waals surface area contributed by atoms with Crippen molar-refractivity contribution in [1.29, 1.82) is 0 Å². The van der Waals surface area contributed by atoms with Gasteiger partial charge in [0, 0.05) is 24.4 Å². The Bertz CT molecular complexity index is 1830. The molecule has 10 nitrogen and oxygen atoms in total. The van der Waals surface area contributed by atoms with Crippen molar-refractivity contribution in [1.82, 2.24) is 24.7 Å². The van der Waals surface area contributed by atoms with Crippen molar-refractivity contribution >= 4 is 28.6 Å². The smallest absolute Gasteiger partial charge is 0.433 e. The second kappa shape index (κ2) is 12.6. The average molecular weight is 605 g/mol. The molecule has 226 valence electrons. The van der Waals surface area contributed by atoms with E-state index in [0.717, 1.165) is 11.6 Å². The molecule has 3 aromatic heterocycles. The molecule has 0 fully saturated rings. The Labute approximate surface area is 250 Å². The lowest BCUT2D eigenvalue weighted by Crippen LogP contribution is -2.29. The number of esters is 1. The molecule has 0 aliphatic heterocycles. The molecule has 5 rings (SSSR count). The molecule has 13 heteroatoms. The number of anilines is 1. The largest absolute Gasteiger partial charge is 0.464 e. The van der Waals surface area contributed by atoms with Crippen molar-refractivity contribution in [3.05, 3.63) is 101 Å². The van der Waals surface area contributed by atoms with Gasteiger partial charge >= 0.3 is 12.1 Å². The van der Waals surface area contributed by atoms with Gasteiger partial charge in [-0.2, -0.15) is 18.3 Å². The van der Waals surface area contributed by atoms with Crippen LogP contribution < -0.4 is 4.90 Å². The number of aryl methyl sites for hydroxylation is 1. The summed E-state index contributed by atoms with van der Waals surface area (Å²) in [7, 11) is 2.83. The predicted octanol–water partition coefficient (Wildman–Crippen LogP) is 5.50. The summed E-state index contributed by atoms with van der Waals surface area (Å²) in [6.07, 6.45) is -3.33. The highest BCUT2D eigenvalue weighted by molar-refractivity contribution is 6.06. The number of alkyl halides is 3. The lowest BCUT2D eigenvalue weighted by molar-refractivity contribution is -0.140. The molecule has 3 heterocycles. The highest BCUT2D eigenvalue weighted by Gasteiger charge is 2.32. The fraction of sp³-hybridized carbons (Fsp3) is 0.226. The summed E-state index contributed by atoms with van der Waals surface area (Å²) in [5, 5.41) is 4.27. The van der Waals surface area contributed by atoms with Gasteiger partial charge < -0.3 is 14.4 Å². The van der Waals surface area contributed by atoms with Gasteiger partial charge in [-0.1, -0.05) is 30.3 Å². The molecule has 0 atom stereocenters. The molecule has 1 amide bonds. The summed E-state index contributed by atoms with van der Waals surface area (Å²) < 4.78 is 51.0. The third kappa shape index (κ3) is 6.57. The summed E-state index contributed by atoms with van der Waals surface area (Å²) in [6, 6.07) is 18.3. The minimum absolute atomic E-state index is 0.00956. The lowest BCUT2D eigenvalue weighted by atomic mass is 10.1. The standard InChI is InChI=1S/C31H27F3N6O4/c1-19-15-21(28-35-17-24-22(37-28)10-12-27(36-24)31(32,33)34)9-11-25(19)39(2)29(41)26-16-23(30(42)43-3)38-40(26)13-14-44-18-20-7-5-4-6-8-20/h4-12,15-17H,13-14,18H2,1-3H3. The van der Waals surface area contributed by atoms with Gasteiger partial charge in [0.05, 0.1) is 38.6 Å². The molecule has 0 spiro atoms. The molecule has 0 radical (unpaired) electrons. The number of aromatic nitrogens is 5. The monoisotopic (exact) mass is 604 g/mol. The summed E-state index contributed by atoms with van der Waals surface area (Å²) in [5.41, 5.74) is 2.31. The van der Waals surface area contributed by atoms with Gasteiger partial charge in [0.2, 0.25) is 0 Å². The van der Waals surface area contributed by atoms with E-state index in [1.807, 2.05) is 30.3 Å². The van der Waals surface area contributed by atoms with E-state index in [0.29, 0.717) is 29.2 Å². The lowest BCUT2D eigenvalue weighted by Gasteiger charge is -2.20. The third-order valence-corrected chi connectivity index (χ3v) is 6.80. The number of methoxy groups -OCH3 is 1. The van der Waals surface area contributed by atoms with Crippen molar-refractivity contribution in [2.45, 2.75) is 26.3 Å². The topological polar surface area (TPSA) is 112 Å². The molecule has 0 N–H and O–H groups in total. The van der Waals surface area contributed by atoms with Crippen LogP contribution in [0, 0.1) is 6.92 Å². The Morgan fingerprint density at radius 2 is 1.75 bits per heavy atom. The Morgan fingerprint density at radius 3 is 2.45 bits per heavy atom. The number of amides is 1. The quantitative estimate of drug-likeness (QED) is 0.160. The Morgan fingerprint density at radius 1 is 0.977 bits per heavy atom. The van der Waals surface area contributed by atoms with Crippen LogP contribution in [-0.4, -0.2) is 57.4 Å². The van der Waals surface area contributed by atoms with Gasteiger partial charge in [-0.15, -0.1) is 0 Å². The number of benzene rings is 2. The second-order valence-electron chi connectivity index (χ2n) is 9.83. The minimum Gasteiger partial charge on any atom is -0.464 e. The first-order valence-corrected chi connectivity index (χ1v) is 13.4. The number of pyridine rings is 1. The first kappa shape index (κ1) is 30.3. The van der Waals surface area contributed by atoms with Crippen LogP contribution in [0.3, 0.4) is 0 Å². The summed E-state index contributed by atoms with van der Waals surface area (Å²) in [4.78, 5) is 39.5. The van der Waals surface area contributed by atoms with Crippen LogP contribution in [0.15, 0.2) is 72.9 Å². The van der Waals surface area contributed by atoms with E-state index in [1.54, 1.807) is 32.2 Å². The number of hydrogen-bond donors (Lipinski definition) is 0. The van der Waals surface area contributed by atoms with Crippen molar-refractivity contribution in [3.63, 3.8) is 0 Å². The molecule has 2 aromatic carbocycles. The molecular weight excluding hydrogens is 577 g/mol. The molecule has 0 aliphatic rings. The maximum Gasteiger partial charge on any atom is 0.433 e. The van der Waals surface area contributed by atoms with Gasteiger partial charge in [-0.25, -0.2) is 19.7 Å². The van der Waals surface area contributed by atoms with Crippen LogP contribution in [-0.2, 0) is 28.8 Å². The fourth-order valence-corrected chi connectivity index (χ4v) is 4.55. The summed E-state index contributed by atoms with van der Waals surface area (Å²) >= 11 is 0. The van der Waals surface area contributed by atoms with Crippen molar-refractivity contribution in [2.24, 2.45) is 0 Å². The normalized spacial score (nSPS) is 11.5. The molecular formula is C31H27F3N6O4. The van der Waals surface area contributed by atoms with E-state index in [2.05, 4.69) is 20.1 Å². The van der Waals surface area contributed by atoms with E-state index in [-0.39, 0.29) is 35.6 Å². The zero-order valence-electron chi connectivity index (χ0n) is 24.0. The molecule has 0 aliphatic carbocycles. The van der Waals surface area contributed by atoms with Gasteiger partial charge in [-0.3, -0.25) is 9.48 Å². The zero-order valence-corrected chi connectivity index (χ0v) is 24.0. The summed E-state index contributed by atoms with van der Waals surface area (Å²) in [5.74, 6) is -0.801. The number of carbonyl (C=O) groups is 2. The highest BCUT2D eigenvalue weighted by Crippen LogP contribution is 2.30. The van der Waals surface area contributed by atoms with Gasteiger partial charge in [0.25, 0.3) is 5.91 Å². The number of ether oxygens (including phenoxy) is 2. The number of carbonyl (C=O) groups excluding carboxylic acids is 2. The van der Waals surface area contributed by atoms with E-state index >= 15 is 0 Å². The van der Waals surface area contributed by atoms with Crippen LogP contribution in [0.1, 0.15) is 37.8 Å². The summed E-state index contributed by atoms with van der Waals surface area (Å²) in [6.45, 7) is 2.64. The molecule has 0 saturated carbocycles. The first-order chi connectivity index (χ1) is 21.0. The number of hydrogen-bond acceptors (Lipinski definition) is 8. The number of fused-ring (bicyclic) bond motifs is 1. The zero-order chi connectivity index (χ0) is 31.4. The molecule has 0 unspecified atom stereocenters. The van der Waals surface area contributed by atoms with Crippen molar-refractivity contribution in [2.75, 3.05) is 25.7 Å². The van der Waals surface area contributed by atoms with Gasteiger partial charge in [-0.05, 0) is 48.4 Å². The van der Waals surface area contributed by atoms with Crippen LogP contribution >= 0.6 is 0 Å². The van der Waals surface area contributed by atoms with Gasteiger partial charge in [0.15, 0.2) is 11.5 Å². The van der Waals surface area contributed by atoms with Crippen molar-refractivity contribution < 1.29 is 32.2 Å². The number of halogens is 3. The second-order valence-corrected chi connectivity index (χ2v) is 9.83. The molecule has 0 bridgehead atoms. The van der Waals surface area contributed by atoms with E-state index < -0.39 is 23.7 Å². The van der Waals surface area contributed by atoms with Crippen LogP contribution in [0.4, 0.5) is 18.9 Å². The van der Waals surface area contributed by atoms with E-state index in [9.17, 15) is 22.8 Å². The van der Waals surface area contributed by atoms with Crippen molar-refractivity contribution in [3.8, 4) is 11.4 Å². The molecule has 44 heavy (non-hydrogen) atoms. The number of rotatable bonds is 9. The molecule has 5 aromatic rings. The Hall–Kier alpha value is -5.17. The first-order valence-electron chi connectivity index (χ1n) is 13.4. The highest BCUT2D eigenvalue weighted by atomic mass is 19.4. The van der Waals surface area contributed by atoms with E-state index in [4.69, 9.17) is 9.47 Å². The maximum absolute atomic E-state index is 13.7. The van der Waals surface area contributed by atoms with Crippen LogP contribution in [0.25, 0.3) is 22.4 Å². The third-order valence-electron chi connectivity index (χ3n) is 6.80. The average Bonchev–Trinajstić information content (AvgIpc) is 3.45. The van der Waals surface area contributed by atoms with Gasteiger partial charge in [0.1, 0.15) is 16.9 Å². The predicted molar refractivity (Wildman–Crippen MR) is 155 cm³/mol. The minimum atomic E-state index is -4.57. The maximum atomic E-state index is 13.7. The van der Waals surface area contributed by atoms with Crippen LogP contribution in [0.2, 0.25) is 0 Å². The Kier molecular flexibility index (Phi) is 8.67. The number of nitrogens with zero attached hydrogens (tertiary/aromatic N) is 6. The Balaban J connectivity index is 1.35. The SMILES string of the molecule is COC(=O)c1cc(C(=O)N(C)c2ccc(-c3ncc4nc(C(F)(F)F)ccc4n3)cc2C)n(CCOCc2ccccc2)n1.